The largest absolute Gasteiger partial charge is 0.310 e. The van der Waals surface area contributed by atoms with Gasteiger partial charge in [0.25, 0.3) is 0 Å². The molecule has 11 rings (SSSR count). The smallest absolute Gasteiger partial charge is 0.0465 e. The molecular weight excluding hydrogens is 711 g/mol. The lowest BCUT2D eigenvalue weighted by atomic mass is 9.78. The minimum Gasteiger partial charge on any atom is -0.310 e. The number of hydrogen-bond donors (Lipinski definition) is 0. The maximum Gasteiger partial charge on any atom is 0.0465 e. The zero-order valence-electron chi connectivity index (χ0n) is 34.0. The van der Waals surface area contributed by atoms with Crippen LogP contribution in [0.2, 0.25) is 0 Å². The van der Waals surface area contributed by atoms with Crippen LogP contribution in [-0.4, -0.2) is 0 Å². The van der Waals surface area contributed by atoms with Crippen molar-refractivity contribution in [3.63, 3.8) is 0 Å². The zero-order chi connectivity index (χ0) is 39.9. The molecule has 0 aliphatic heterocycles. The molecule has 9 aromatic carbocycles. The van der Waals surface area contributed by atoms with Crippen molar-refractivity contribution in [2.75, 3.05) is 4.90 Å². The summed E-state index contributed by atoms with van der Waals surface area (Å²) in [6.07, 6.45) is 0. The number of fused-ring (bicyclic) bond motifs is 8. The second-order valence-corrected chi connectivity index (χ2v) is 17.3. The fraction of sp³-hybridized carbons (Fsp3) is 0.103. The molecule has 282 valence electrons. The number of rotatable bonds is 6. The van der Waals surface area contributed by atoms with Gasteiger partial charge in [-0.3, -0.25) is 0 Å². The first kappa shape index (κ1) is 35.2. The van der Waals surface area contributed by atoms with E-state index in [0.29, 0.717) is 0 Å². The Balaban J connectivity index is 0.992. The Morgan fingerprint density at radius 2 is 0.763 bits per heavy atom. The summed E-state index contributed by atoms with van der Waals surface area (Å²) in [5, 5.41) is 2.65. The maximum absolute atomic E-state index is 2.45. The molecule has 1 heteroatoms. The Kier molecular flexibility index (Phi) is 7.94. The van der Waals surface area contributed by atoms with Crippen LogP contribution in [0.5, 0.6) is 0 Å². The van der Waals surface area contributed by atoms with E-state index in [1.807, 2.05) is 0 Å². The third-order valence-electron chi connectivity index (χ3n) is 13.3. The van der Waals surface area contributed by atoms with Crippen LogP contribution in [0.3, 0.4) is 0 Å². The highest BCUT2D eigenvalue weighted by Crippen LogP contribution is 2.54. The van der Waals surface area contributed by atoms with Gasteiger partial charge < -0.3 is 4.90 Å². The molecule has 0 saturated heterocycles. The van der Waals surface area contributed by atoms with Crippen LogP contribution < -0.4 is 4.90 Å². The average Bonchev–Trinajstić information content (AvgIpc) is 3.66. The molecule has 0 heterocycles. The van der Waals surface area contributed by atoms with Crippen molar-refractivity contribution in [2.45, 2.75) is 38.5 Å². The molecule has 0 bridgehead atoms. The van der Waals surface area contributed by atoms with Crippen molar-refractivity contribution in [1.29, 1.82) is 0 Å². The Bertz CT molecular complexity index is 3060. The molecule has 0 aromatic heterocycles. The van der Waals surface area contributed by atoms with E-state index in [2.05, 4.69) is 233 Å². The third kappa shape index (κ3) is 5.53. The van der Waals surface area contributed by atoms with Crippen molar-refractivity contribution >= 4 is 27.8 Å². The number of nitrogens with zero attached hydrogens (tertiary/aromatic N) is 1. The predicted octanol–water partition coefficient (Wildman–Crippen LogP) is 15.9. The Hall–Kier alpha value is -6.96. The minimum absolute atomic E-state index is 0.0922. The molecule has 2 aliphatic rings. The summed E-state index contributed by atoms with van der Waals surface area (Å²) in [7, 11) is 0. The van der Waals surface area contributed by atoms with E-state index in [0.717, 1.165) is 17.1 Å². The highest BCUT2D eigenvalue weighted by Gasteiger charge is 2.38. The van der Waals surface area contributed by atoms with Crippen molar-refractivity contribution in [2.24, 2.45) is 0 Å². The van der Waals surface area contributed by atoms with Gasteiger partial charge >= 0.3 is 0 Å². The molecule has 0 atom stereocenters. The van der Waals surface area contributed by atoms with Gasteiger partial charge in [0.05, 0.1) is 0 Å². The first-order chi connectivity index (χ1) is 28.8. The minimum atomic E-state index is -0.154. The van der Waals surface area contributed by atoms with Crippen LogP contribution in [0.25, 0.3) is 66.4 Å². The fourth-order valence-corrected chi connectivity index (χ4v) is 10.2. The summed E-state index contributed by atoms with van der Waals surface area (Å²) >= 11 is 0. The van der Waals surface area contributed by atoms with Crippen LogP contribution in [0.4, 0.5) is 17.1 Å². The van der Waals surface area contributed by atoms with Gasteiger partial charge in [0.15, 0.2) is 0 Å². The summed E-state index contributed by atoms with van der Waals surface area (Å²) < 4.78 is 0. The normalized spacial score (nSPS) is 14.0. The van der Waals surface area contributed by atoms with E-state index < -0.39 is 0 Å². The van der Waals surface area contributed by atoms with E-state index in [1.54, 1.807) is 0 Å². The van der Waals surface area contributed by atoms with E-state index in [9.17, 15) is 0 Å². The molecule has 0 spiro atoms. The van der Waals surface area contributed by atoms with Gasteiger partial charge in [-0.25, -0.2) is 0 Å². The van der Waals surface area contributed by atoms with Crippen LogP contribution in [0.15, 0.2) is 200 Å². The van der Waals surface area contributed by atoms with Crippen LogP contribution in [0, 0.1) is 0 Å². The van der Waals surface area contributed by atoms with Crippen molar-refractivity contribution < 1.29 is 0 Å². The first-order valence-corrected chi connectivity index (χ1v) is 20.8. The molecule has 0 saturated carbocycles. The van der Waals surface area contributed by atoms with E-state index in [-0.39, 0.29) is 10.8 Å². The fourth-order valence-electron chi connectivity index (χ4n) is 10.2. The number of benzene rings is 9. The van der Waals surface area contributed by atoms with Crippen LogP contribution >= 0.6 is 0 Å². The van der Waals surface area contributed by atoms with E-state index in [4.69, 9.17) is 0 Å². The van der Waals surface area contributed by atoms with Gasteiger partial charge in [0.1, 0.15) is 0 Å². The van der Waals surface area contributed by atoms with Gasteiger partial charge in [0.2, 0.25) is 0 Å². The summed E-state index contributed by atoms with van der Waals surface area (Å²) in [6.45, 7) is 9.51. The zero-order valence-corrected chi connectivity index (χ0v) is 34.0. The lowest BCUT2D eigenvalue weighted by Crippen LogP contribution is -2.16. The van der Waals surface area contributed by atoms with Gasteiger partial charge in [-0.05, 0) is 137 Å². The summed E-state index contributed by atoms with van der Waals surface area (Å²) in [5.74, 6) is 0. The number of hydrogen-bond acceptors (Lipinski definition) is 1. The van der Waals surface area contributed by atoms with Crippen molar-refractivity contribution in [3.05, 3.63) is 222 Å². The monoisotopic (exact) mass is 755 g/mol. The lowest BCUT2D eigenvalue weighted by molar-refractivity contribution is 0.660. The second-order valence-electron chi connectivity index (χ2n) is 17.3. The second kappa shape index (κ2) is 13.3. The molecule has 9 aromatic rings. The summed E-state index contributed by atoms with van der Waals surface area (Å²) in [4.78, 5) is 2.41. The molecule has 2 aliphatic carbocycles. The Morgan fingerprint density at radius 3 is 1.46 bits per heavy atom. The van der Waals surface area contributed by atoms with E-state index in [1.165, 1.54) is 88.7 Å². The first-order valence-electron chi connectivity index (χ1n) is 20.8. The van der Waals surface area contributed by atoms with E-state index >= 15 is 0 Å². The quantitative estimate of drug-likeness (QED) is 0.163. The molecule has 0 radical (unpaired) electrons. The molecule has 0 N–H and O–H groups in total. The SMILES string of the molecule is CC1(C)c2ccccc2-c2ccc(N(c3ccc(-c4ccccc4)cc3)c3ccc(-c4ccc5c(c4)C(C)(C)c4c-5cc(-c5ccccc5)c5ccccc45)cc3)cc21. The van der Waals surface area contributed by atoms with Crippen molar-refractivity contribution in [3.8, 4) is 55.6 Å². The standard InChI is InChI=1S/C58H45N/c1-57(2)53-22-14-13-20-47(53)48-34-32-45(36-55(48)57)59(43-28-23-39(24-29-43)38-15-7-5-8-16-38)44-30-25-40(26-31-44)42-27-33-49-52-37-51(41-17-9-6-10-18-41)46-19-11-12-21-50(46)56(52)58(3,4)54(49)35-42/h5-37H,1-4H3. The lowest BCUT2D eigenvalue weighted by Gasteiger charge is -2.28. The molecule has 0 amide bonds. The Labute approximate surface area is 347 Å². The predicted molar refractivity (Wildman–Crippen MR) is 250 cm³/mol. The summed E-state index contributed by atoms with van der Waals surface area (Å²) in [6, 6.07) is 74.1. The molecule has 59 heavy (non-hydrogen) atoms. The third-order valence-corrected chi connectivity index (χ3v) is 13.3. The number of anilines is 3. The van der Waals surface area contributed by atoms with Gasteiger partial charge in [-0.2, -0.15) is 0 Å². The highest BCUT2D eigenvalue weighted by molar-refractivity contribution is 6.06. The molecule has 1 nitrogen and oxygen atoms in total. The maximum atomic E-state index is 2.45. The van der Waals surface area contributed by atoms with Gasteiger partial charge in [-0.15, -0.1) is 0 Å². The molecule has 0 unspecified atom stereocenters. The van der Waals surface area contributed by atoms with Crippen LogP contribution in [0.1, 0.15) is 49.9 Å². The molecule has 0 fully saturated rings. The van der Waals surface area contributed by atoms with Crippen molar-refractivity contribution in [1.82, 2.24) is 0 Å². The summed E-state index contributed by atoms with van der Waals surface area (Å²) in [5.41, 5.74) is 21.5. The Morgan fingerprint density at radius 1 is 0.288 bits per heavy atom. The van der Waals surface area contributed by atoms with Gasteiger partial charge in [0, 0.05) is 27.9 Å². The average molecular weight is 756 g/mol. The van der Waals surface area contributed by atoms with Gasteiger partial charge in [-0.1, -0.05) is 179 Å². The highest BCUT2D eigenvalue weighted by atomic mass is 15.1. The van der Waals surface area contributed by atoms with Crippen LogP contribution in [-0.2, 0) is 10.8 Å². The topological polar surface area (TPSA) is 3.24 Å². The molecular formula is C58H45N.